The predicted octanol–water partition coefficient (Wildman–Crippen LogP) is 4.89. The highest BCUT2D eigenvalue weighted by molar-refractivity contribution is 5.97. The minimum absolute atomic E-state index is 0.00837. The van der Waals surface area contributed by atoms with Crippen molar-refractivity contribution >= 4 is 11.7 Å². The number of nitrogens with two attached hydrogens (primary N) is 1. The Morgan fingerprint density at radius 1 is 1.12 bits per heavy atom. The fourth-order valence-corrected chi connectivity index (χ4v) is 5.14. The van der Waals surface area contributed by atoms with E-state index in [1.807, 2.05) is 12.1 Å². The molecule has 0 spiro atoms. The van der Waals surface area contributed by atoms with Gasteiger partial charge < -0.3 is 20.3 Å². The highest BCUT2D eigenvalue weighted by Gasteiger charge is 2.45. The second kappa shape index (κ2) is 10.9. The van der Waals surface area contributed by atoms with E-state index in [4.69, 9.17) is 20.2 Å². The lowest BCUT2D eigenvalue weighted by atomic mass is 9.81. The van der Waals surface area contributed by atoms with Crippen LogP contribution >= 0.6 is 0 Å². The van der Waals surface area contributed by atoms with Crippen molar-refractivity contribution in [1.29, 1.82) is 0 Å². The fourth-order valence-electron chi connectivity index (χ4n) is 5.14. The molecule has 2 atom stereocenters. The van der Waals surface area contributed by atoms with E-state index in [1.54, 1.807) is 56.6 Å². The van der Waals surface area contributed by atoms with Crippen LogP contribution in [0.3, 0.4) is 0 Å². The summed E-state index contributed by atoms with van der Waals surface area (Å²) in [6, 6.07) is 14.5. The molecule has 9 nitrogen and oxygen atoms in total. The normalized spacial score (nSPS) is 18.8. The lowest BCUT2D eigenvalue weighted by molar-refractivity contribution is -0.123. The van der Waals surface area contributed by atoms with Crippen LogP contribution < -0.4 is 15.2 Å². The molecule has 1 aliphatic carbocycles. The summed E-state index contributed by atoms with van der Waals surface area (Å²) in [4.78, 5) is 30.6. The van der Waals surface area contributed by atoms with E-state index in [1.165, 1.54) is 12.1 Å². The molecule has 2 aromatic heterocycles. The molecule has 6 rings (SSSR count). The van der Waals surface area contributed by atoms with Gasteiger partial charge in [0.2, 0.25) is 5.91 Å². The fraction of sp³-hybridized carbons (Fsp3) is 0.303. The first-order chi connectivity index (χ1) is 20.5. The number of ketones is 1. The minimum atomic E-state index is -1.56. The van der Waals surface area contributed by atoms with Crippen molar-refractivity contribution in [2.75, 3.05) is 6.61 Å². The third-order valence-electron chi connectivity index (χ3n) is 8.14. The van der Waals surface area contributed by atoms with Gasteiger partial charge in [-0.25, -0.2) is 9.37 Å². The number of aromatic nitrogens is 3. The third kappa shape index (κ3) is 5.58. The van der Waals surface area contributed by atoms with Crippen LogP contribution in [0.1, 0.15) is 61.1 Å². The van der Waals surface area contributed by atoms with Crippen LogP contribution in [0.15, 0.2) is 67.0 Å². The maximum Gasteiger partial charge on any atom is 0.231 e. The van der Waals surface area contributed by atoms with Gasteiger partial charge in [0, 0.05) is 34.2 Å². The van der Waals surface area contributed by atoms with Crippen molar-refractivity contribution in [2.24, 2.45) is 5.73 Å². The molecule has 3 heterocycles. The van der Waals surface area contributed by atoms with Gasteiger partial charge in [0.15, 0.2) is 5.78 Å². The number of primary amides is 1. The number of pyridine rings is 1. The van der Waals surface area contributed by atoms with Gasteiger partial charge in [-0.3, -0.25) is 9.59 Å². The van der Waals surface area contributed by atoms with Crippen LogP contribution in [-0.2, 0) is 15.8 Å². The van der Waals surface area contributed by atoms with Gasteiger partial charge in [0.1, 0.15) is 40.6 Å². The van der Waals surface area contributed by atoms with Gasteiger partial charge in [-0.1, -0.05) is 6.07 Å². The summed E-state index contributed by atoms with van der Waals surface area (Å²) in [7, 11) is 0. The zero-order valence-electron chi connectivity index (χ0n) is 23.8. The Hall–Kier alpha value is -4.70. The molecule has 220 valence electrons. The number of aliphatic hydroxyl groups is 1. The summed E-state index contributed by atoms with van der Waals surface area (Å²) >= 11 is 0. The molecule has 0 unspecified atom stereocenters. The van der Waals surface area contributed by atoms with E-state index in [0.29, 0.717) is 33.9 Å². The Balaban J connectivity index is 1.29. The lowest BCUT2D eigenvalue weighted by Crippen LogP contribution is -2.40. The van der Waals surface area contributed by atoms with E-state index in [0.717, 1.165) is 24.0 Å². The monoisotopic (exact) mass is 582 g/mol. The number of hydrogen-bond acceptors (Lipinski definition) is 8. The van der Waals surface area contributed by atoms with E-state index < -0.39 is 22.7 Å². The number of ether oxygens (including phenoxy) is 2. The van der Waals surface area contributed by atoms with Crippen molar-refractivity contribution in [2.45, 2.75) is 56.7 Å². The number of benzene rings is 2. The topological polar surface area (TPSA) is 138 Å². The standard InChI is InChI=1S/C33H31FN4O5/c1-32(31(35)40)18-42-30-25(32)16-28(38-29(30)19-3-6-22(34)7-4-19)33(2,41)13-11-26(39)20-5-10-24(21-12-14-36-37-17-21)27(15-20)43-23-8-9-23/h3-7,10,12,14-17,23,41H,8-9,11,13,18H2,1-2H3,(H2,35,40)/t32-,33-/m0/s1. The second-order valence-electron chi connectivity index (χ2n) is 11.6. The first-order valence-electron chi connectivity index (χ1n) is 14.1. The predicted molar refractivity (Wildman–Crippen MR) is 156 cm³/mol. The zero-order chi connectivity index (χ0) is 30.4. The molecule has 0 bridgehead atoms. The number of carbonyl (C=O) groups is 2. The number of nitrogens with zero attached hydrogens (tertiary/aromatic N) is 3. The van der Waals surface area contributed by atoms with Gasteiger partial charge in [-0.05, 0) is 81.6 Å². The van der Waals surface area contributed by atoms with Gasteiger partial charge in [-0.2, -0.15) is 10.2 Å². The van der Waals surface area contributed by atoms with Crippen molar-refractivity contribution in [1.82, 2.24) is 15.2 Å². The first-order valence-corrected chi connectivity index (χ1v) is 14.1. The summed E-state index contributed by atoms with van der Waals surface area (Å²) in [5.74, 6) is -0.218. The summed E-state index contributed by atoms with van der Waals surface area (Å²) < 4.78 is 25.7. The Morgan fingerprint density at radius 3 is 2.56 bits per heavy atom. The smallest absolute Gasteiger partial charge is 0.231 e. The zero-order valence-corrected chi connectivity index (χ0v) is 23.8. The van der Waals surface area contributed by atoms with Crippen LogP contribution in [0.2, 0.25) is 0 Å². The number of carbonyl (C=O) groups excluding carboxylic acids is 2. The summed E-state index contributed by atoms with van der Waals surface area (Å²) in [6.07, 6.45) is 5.35. The highest BCUT2D eigenvalue weighted by atomic mass is 19.1. The van der Waals surface area contributed by atoms with E-state index in [2.05, 4.69) is 10.2 Å². The highest BCUT2D eigenvalue weighted by Crippen LogP contribution is 2.46. The number of Topliss-reactive ketones (excluding diaryl/α,β-unsaturated/α-hetero) is 1. The van der Waals surface area contributed by atoms with Crippen LogP contribution in [0, 0.1) is 5.82 Å². The Morgan fingerprint density at radius 2 is 1.88 bits per heavy atom. The van der Waals surface area contributed by atoms with E-state index in [9.17, 15) is 19.1 Å². The molecule has 1 aliphatic heterocycles. The number of amides is 1. The minimum Gasteiger partial charge on any atom is -0.490 e. The van der Waals surface area contributed by atoms with Crippen molar-refractivity contribution in [3.05, 3.63) is 89.6 Å². The maximum atomic E-state index is 13.7. The Kier molecular flexibility index (Phi) is 7.17. The molecule has 0 radical (unpaired) electrons. The van der Waals surface area contributed by atoms with Crippen molar-refractivity contribution < 1.29 is 28.6 Å². The Bertz CT molecular complexity index is 1710. The van der Waals surface area contributed by atoms with Crippen LogP contribution in [0.25, 0.3) is 22.4 Å². The summed E-state index contributed by atoms with van der Waals surface area (Å²) in [6.45, 7) is 3.25. The SMILES string of the molecule is C[C@](O)(CCC(=O)c1ccc(-c2ccnnc2)c(OC2CC2)c1)c1cc2c(c(-c3ccc(F)cc3)n1)OC[C@]2(C)C(N)=O. The number of fused-ring (bicyclic) bond motifs is 1. The number of halogens is 1. The molecule has 0 saturated heterocycles. The van der Waals surface area contributed by atoms with E-state index >= 15 is 0 Å². The first kappa shape index (κ1) is 28.4. The lowest BCUT2D eigenvalue weighted by Gasteiger charge is -2.26. The van der Waals surface area contributed by atoms with E-state index in [-0.39, 0.29) is 37.0 Å². The molecule has 2 aromatic carbocycles. The van der Waals surface area contributed by atoms with Crippen LogP contribution in [0.4, 0.5) is 4.39 Å². The third-order valence-corrected chi connectivity index (χ3v) is 8.14. The maximum absolute atomic E-state index is 13.7. The van der Waals surface area contributed by atoms with Crippen molar-refractivity contribution in [3.63, 3.8) is 0 Å². The average molecular weight is 583 g/mol. The molecule has 4 aromatic rings. The van der Waals surface area contributed by atoms with Crippen LogP contribution in [0.5, 0.6) is 11.5 Å². The molecule has 1 fully saturated rings. The summed E-state index contributed by atoms with van der Waals surface area (Å²) in [5.41, 5.74) is 6.79. The second-order valence-corrected chi connectivity index (χ2v) is 11.6. The molecule has 3 N–H and O–H groups in total. The van der Waals surface area contributed by atoms with Gasteiger partial charge >= 0.3 is 0 Å². The Labute approximate surface area is 247 Å². The van der Waals surface area contributed by atoms with Crippen LogP contribution in [-0.4, -0.2) is 44.7 Å². The molecule has 1 saturated carbocycles. The average Bonchev–Trinajstić information content (AvgIpc) is 3.76. The molecule has 1 amide bonds. The number of rotatable bonds is 10. The molecule has 43 heavy (non-hydrogen) atoms. The van der Waals surface area contributed by atoms with Gasteiger partial charge in [0.25, 0.3) is 0 Å². The van der Waals surface area contributed by atoms with Gasteiger partial charge in [0.05, 0.1) is 24.2 Å². The largest absolute Gasteiger partial charge is 0.490 e. The molecule has 2 aliphatic rings. The van der Waals surface area contributed by atoms with Crippen molar-refractivity contribution in [3.8, 4) is 33.9 Å². The van der Waals surface area contributed by atoms with Gasteiger partial charge in [-0.15, -0.1) is 0 Å². The number of hydrogen-bond donors (Lipinski definition) is 2. The summed E-state index contributed by atoms with van der Waals surface area (Å²) in [5, 5.41) is 19.4. The quantitative estimate of drug-likeness (QED) is 0.252. The molecular formula is C33H31FN4O5. The molecule has 10 heteroatoms. The molecular weight excluding hydrogens is 551 g/mol.